The number of rotatable bonds is 5. The van der Waals surface area contributed by atoms with Gasteiger partial charge in [-0.1, -0.05) is 0 Å². The molecule has 0 aromatic heterocycles. The van der Waals surface area contributed by atoms with Crippen LogP contribution in [0.25, 0.3) is 0 Å². The molecule has 17 heavy (non-hydrogen) atoms. The number of nitrogens with zero attached hydrogens (tertiary/aromatic N) is 1. The third-order valence-corrected chi connectivity index (χ3v) is 3.20. The van der Waals surface area contributed by atoms with Crippen molar-refractivity contribution in [2.75, 3.05) is 30.5 Å². The second-order valence-corrected chi connectivity index (χ2v) is 6.17. The Labute approximate surface area is 100.0 Å². The summed E-state index contributed by atoms with van der Waals surface area (Å²) in [5.74, 6) is -0.535. The van der Waals surface area contributed by atoms with E-state index >= 15 is 0 Å². The van der Waals surface area contributed by atoms with Gasteiger partial charge >= 0.3 is 0 Å². The summed E-state index contributed by atoms with van der Waals surface area (Å²) >= 11 is 0. The average molecular weight is 259 g/mol. The van der Waals surface area contributed by atoms with E-state index in [9.17, 15) is 17.6 Å². The van der Waals surface area contributed by atoms with E-state index < -0.39 is 15.7 Å². The number of hydrogen-bond donors (Lipinski definition) is 0. The van der Waals surface area contributed by atoms with E-state index in [1.54, 1.807) is 11.9 Å². The third kappa shape index (κ3) is 4.52. The molecule has 0 aliphatic heterocycles. The van der Waals surface area contributed by atoms with Crippen LogP contribution in [0.4, 0.5) is 10.1 Å². The van der Waals surface area contributed by atoms with Crippen LogP contribution in [0.1, 0.15) is 10.4 Å². The summed E-state index contributed by atoms with van der Waals surface area (Å²) in [7, 11) is -1.41. The lowest BCUT2D eigenvalue weighted by Gasteiger charge is -2.19. The van der Waals surface area contributed by atoms with Crippen molar-refractivity contribution in [3.63, 3.8) is 0 Å². The van der Waals surface area contributed by atoms with Gasteiger partial charge in [-0.3, -0.25) is 4.79 Å². The molecular weight excluding hydrogens is 245 g/mol. The summed E-state index contributed by atoms with van der Waals surface area (Å²) in [5, 5.41) is 0. The van der Waals surface area contributed by atoms with Crippen LogP contribution in [0, 0.1) is 5.82 Å². The first-order chi connectivity index (χ1) is 7.81. The van der Waals surface area contributed by atoms with Crippen molar-refractivity contribution in [3.05, 3.63) is 29.6 Å². The quantitative estimate of drug-likeness (QED) is 0.744. The van der Waals surface area contributed by atoms with Crippen molar-refractivity contribution >= 4 is 21.8 Å². The van der Waals surface area contributed by atoms with Gasteiger partial charge in [0, 0.05) is 31.1 Å². The number of carbonyl (C=O) groups is 1. The minimum absolute atomic E-state index is 0.0174. The highest BCUT2D eigenvalue weighted by Gasteiger charge is 2.08. The van der Waals surface area contributed by atoms with E-state index in [0.29, 0.717) is 12.0 Å². The molecule has 94 valence electrons. The molecule has 0 saturated carbocycles. The second kappa shape index (κ2) is 5.27. The topological polar surface area (TPSA) is 54.5 Å². The van der Waals surface area contributed by atoms with Gasteiger partial charge in [0.15, 0.2) is 0 Å². The second-order valence-electron chi connectivity index (χ2n) is 3.91. The first-order valence-electron chi connectivity index (χ1n) is 4.96. The van der Waals surface area contributed by atoms with Gasteiger partial charge in [0.1, 0.15) is 21.9 Å². The summed E-state index contributed by atoms with van der Waals surface area (Å²) in [6.07, 6.45) is 1.69. The van der Waals surface area contributed by atoms with E-state index in [0.717, 1.165) is 12.3 Å². The lowest BCUT2D eigenvalue weighted by atomic mass is 10.2. The lowest BCUT2D eigenvalue weighted by molar-refractivity contribution is 0.112. The molecule has 0 saturated heterocycles. The zero-order valence-corrected chi connectivity index (χ0v) is 10.5. The molecule has 0 heterocycles. The summed E-state index contributed by atoms with van der Waals surface area (Å²) in [6, 6.07) is 3.90. The predicted octanol–water partition coefficient (Wildman–Crippen LogP) is 1.12. The standard InChI is InChI=1S/C11H14FNO3S/c1-13(3-4-17(2,15)16)11-6-9(8-14)5-10(12)7-11/h5-8H,3-4H2,1-2H3. The molecule has 0 amide bonds. The fourth-order valence-corrected chi connectivity index (χ4v) is 1.92. The van der Waals surface area contributed by atoms with Crippen LogP contribution < -0.4 is 4.90 Å². The third-order valence-electron chi connectivity index (χ3n) is 2.28. The van der Waals surface area contributed by atoms with E-state index in [2.05, 4.69) is 0 Å². The van der Waals surface area contributed by atoms with Crippen molar-refractivity contribution in [1.82, 2.24) is 0 Å². The number of hydrogen-bond acceptors (Lipinski definition) is 4. The van der Waals surface area contributed by atoms with Gasteiger partial charge in [0.05, 0.1) is 5.75 Å². The summed E-state index contributed by atoms with van der Waals surface area (Å²) in [4.78, 5) is 12.2. The van der Waals surface area contributed by atoms with Gasteiger partial charge in [-0.05, 0) is 18.2 Å². The first kappa shape index (κ1) is 13.6. The number of anilines is 1. The normalized spacial score (nSPS) is 11.2. The highest BCUT2D eigenvalue weighted by Crippen LogP contribution is 2.16. The van der Waals surface area contributed by atoms with Crippen LogP contribution in [-0.4, -0.2) is 40.3 Å². The zero-order chi connectivity index (χ0) is 13.1. The fourth-order valence-electron chi connectivity index (χ4n) is 1.32. The SMILES string of the molecule is CN(CCS(C)(=O)=O)c1cc(F)cc(C=O)c1. The Bertz CT molecular complexity index is 513. The predicted molar refractivity (Wildman–Crippen MR) is 64.8 cm³/mol. The van der Waals surface area contributed by atoms with Gasteiger partial charge in [-0.25, -0.2) is 12.8 Å². The molecule has 1 aromatic rings. The van der Waals surface area contributed by atoms with Crippen molar-refractivity contribution in [2.45, 2.75) is 0 Å². The minimum atomic E-state index is -3.06. The summed E-state index contributed by atoms with van der Waals surface area (Å²) in [6.45, 7) is 0.251. The highest BCUT2D eigenvalue weighted by molar-refractivity contribution is 7.90. The van der Waals surface area contributed by atoms with Crippen molar-refractivity contribution in [2.24, 2.45) is 0 Å². The largest absolute Gasteiger partial charge is 0.373 e. The average Bonchev–Trinajstić information content (AvgIpc) is 2.23. The van der Waals surface area contributed by atoms with Crippen LogP contribution in [-0.2, 0) is 9.84 Å². The Balaban J connectivity index is 2.85. The highest BCUT2D eigenvalue weighted by atomic mass is 32.2. The number of halogens is 1. The van der Waals surface area contributed by atoms with E-state index in [1.807, 2.05) is 0 Å². The molecular formula is C11H14FNO3S. The Morgan fingerprint density at radius 2 is 2.00 bits per heavy atom. The molecule has 6 heteroatoms. The maximum atomic E-state index is 13.1. The molecule has 1 aromatic carbocycles. The van der Waals surface area contributed by atoms with Crippen LogP contribution in [0.2, 0.25) is 0 Å². The molecule has 1 rings (SSSR count). The molecule has 4 nitrogen and oxygen atoms in total. The molecule has 0 unspecified atom stereocenters. The zero-order valence-electron chi connectivity index (χ0n) is 9.68. The molecule has 0 fully saturated rings. The summed E-state index contributed by atoms with van der Waals surface area (Å²) in [5.41, 5.74) is 0.710. The van der Waals surface area contributed by atoms with Crippen LogP contribution >= 0.6 is 0 Å². The van der Waals surface area contributed by atoms with Gasteiger partial charge in [-0.15, -0.1) is 0 Å². The van der Waals surface area contributed by atoms with Gasteiger partial charge in [-0.2, -0.15) is 0 Å². The van der Waals surface area contributed by atoms with Crippen molar-refractivity contribution < 1.29 is 17.6 Å². The van der Waals surface area contributed by atoms with Crippen LogP contribution in [0.3, 0.4) is 0 Å². The Morgan fingerprint density at radius 3 is 2.53 bits per heavy atom. The first-order valence-corrected chi connectivity index (χ1v) is 7.02. The molecule has 0 atom stereocenters. The van der Waals surface area contributed by atoms with Gasteiger partial charge in [0.25, 0.3) is 0 Å². The Kier molecular flexibility index (Phi) is 4.22. The molecule has 0 bridgehead atoms. The number of aldehydes is 1. The molecule has 0 aliphatic carbocycles. The molecule has 0 radical (unpaired) electrons. The number of carbonyl (C=O) groups excluding carboxylic acids is 1. The van der Waals surface area contributed by atoms with E-state index in [-0.39, 0.29) is 17.9 Å². The van der Waals surface area contributed by atoms with Gasteiger partial charge < -0.3 is 4.90 Å². The van der Waals surface area contributed by atoms with E-state index in [4.69, 9.17) is 0 Å². The minimum Gasteiger partial charge on any atom is -0.373 e. The molecule has 0 aliphatic rings. The number of sulfone groups is 1. The van der Waals surface area contributed by atoms with Gasteiger partial charge in [0.2, 0.25) is 0 Å². The lowest BCUT2D eigenvalue weighted by Crippen LogP contribution is -2.25. The monoisotopic (exact) mass is 259 g/mol. The van der Waals surface area contributed by atoms with Crippen LogP contribution in [0.15, 0.2) is 18.2 Å². The van der Waals surface area contributed by atoms with Crippen molar-refractivity contribution in [1.29, 1.82) is 0 Å². The Hall–Kier alpha value is -1.43. The summed E-state index contributed by atoms with van der Waals surface area (Å²) < 4.78 is 35.1. The number of benzene rings is 1. The maximum Gasteiger partial charge on any atom is 0.150 e. The Morgan fingerprint density at radius 1 is 1.35 bits per heavy atom. The van der Waals surface area contributed by atoms with Crippen LogP contribution in [0.5, 0.6) is 0 Å². The fraction of sp³-hybridized carbons (Fsp3) is 0.364. The van der Waals surface area contributed by atoms with Crippen molar-refractivity contribution in [3.8, 4) is 0 Å². The molecule has 0 spiro atoms. The smallest absolute Gasteiger partial charge is 0.150 e. The maximum absolute atomic E-state index is 13.1. The molecule has 0 N–H and O–H groups in total. The van der Waals surface area contributed by atoms with E-state index in [1.165, 1.54) is 12.1 Å².